The van der Waals surface area contributed by atoms with Gasteiger partial charge in [0.05, 0.1) is 11.1 Å². The fourth-order valence-corrected chi connectivity index (χ4v) is 1.28. The molecule has 1 aromatic rings. The summed E-state index contributed by atoms with van der Waals surface area (Å²) in [6.07, 6.45) is -0.974. The second-order valence-electron chi connectivity index (χ2n) is 2.90. The molecule has 0 spiro atoms. The van der Waals surface area contributed by atoms with E-state index in [0.717, 1.165) is 6.07 Å². The Hall–Kier alpha value is -0.840. The summed E-state index contributed by atoms with van der Waals surface area (Å²) in [5, 5.41) is 21.3. The average molecular weight is 220 g/mol. The van der Waals surface area contributed by atoms with Gasteiger partial charge in [-0.2, -0.15) is 0 Å². The smallest absolute Gasteiger partial charge is 0.137 e. The van der Waals surface area contributed by atoms with Crippen molar-refractivity contribution in [3.05, 3.63) is 28.5 Å². The highest BCUT2D eigenvalue weighted by atomic mass is 35.5. The van der Waals surface area contributed by atoms with Gasteiger partial charge in [0.15, 0.2) is 0 Å². The van der Waals surface area contributed by atoms with E-state index < -0.39 is 11.9 Å². The van der Waals surface area contributed by atoms with E-state index in [2.05, 4.69) is 5.32 Å². The fraction of sp³-hybridized carbons (Fsp3) is 0.333. The van der Waals surface area contributed by atoms with Crippen molar-refractivity contribution in [2.45, 2.75) is 6.10 Å². The van der Waals surface area contributed by atoms with Gasteiger partial charge in [0.1, 0.15) is 11.6 Å². The molecule has 5 heteroatoms. The number of aliphatic hydroxyl groups excluding tert-OH is 1. The first-order valence-corrected chi connectivity index (χ1v) is 4.44. The van der Waals surface area contributed by atoms with E-state index in [0.29, 0.717) is 0 Å². The molecule has 0 aromatic heterocycles. The van der Waals surface area contributed by atoms with Crippen molar-refractivity contribution in [3.8, 4) is 5.75 Å². The van der Waals surface area contributed by atoms with Crippen LogP contribution >= 0.6 is 11.6 Å². The quantitative estimate of drug-likeness (QED) is 0.721. The highest BCUT2D eigenvalue weighted by Gasteiger charge is 2.14. The average Bonchev–Trinajstić information content (AvgIpc) is 2.11. The molecule has 0 saturated heterocycles. The second-order valence-corrected chi connectivity index (χ2v) is 3.31. The minimum Gasteiger partial charge on any atom is -0.506 e. The zero-order chi connectivity index (χ0) is 10.7. The highest BCUT2D eigenvalue weighted by Crippen LogP contribution is 2.29. The van der Waals surface area contributed by atoms with Gasteiger partial charge in [-0.15, -0.1) is 0 Å². The third-order valence-corrected chi connectivity index (χ3v) is 2.13. The van der Waals surface area contributed by atoms with Crippen LogP contribution in [0.1, 0.15) is 11.7 Å². The van der Waals surface area contributed by atoms with Crippen LogP contribution in [0.4, 0.5) is 4.39 Å². The number of aromatic hydroxyl groups is 1. The largest absolute Gasteiger partial charge is 0.506 e. The molecular weight excluding hydrogens is 209 g/mol. The minimum absolute atomic E-state index is 0.0246. The summed E-state index contributed by atoms with van der Waals surface area (Å²) in [6.45, 7) is 0.220. The number of benzene rings is 1. The summed E-state index contributed by atoms with van der Waals surface area (Å²) in [7, 11) is 1.64. The molecule has 1 aromatic carbocycles. The van der Waals surface area contributed by atoms with Gasteiger partial charge in [-0.25, -0.2) is 4.39 Å². The fourth-order valence-electron chi connectivity index (χ4n) is 1.11. The van der Waals surface area contributed by atoms with E-state index in [1.54, 1.807) is 7.05 Å². The van der Waals surface area contributed by atoms with Crippen molar-refractivity contribution in [1.29, 1.82) is 0 Å². The summed E-state index contributed by atoms with van der Waals surface area (Å²) in [5.74, 6) is -1.00. The molecule has 3 N–H and O–H groups in total. The van der Waals surface area contributed by atoms with Crippen LogP contribution in [-0.2, 0) is 0 Å². The van der Waals surface area contributed by atoms with Crippen LogP contribution in [0.2, 0.25) is 5.02 Å². The van der Waals surface area contributed by atoms with E-state index in [1.807, 2.05) is 0 Å². The van der Waals surface area contributed by atoms with Gasteiger partial charge in [0.25, 0.3) is 0 Å². The van der Waals surface area contributed by atoms with Gasteiger partial charge in [-0.1, -0.05) is 11.6 Å². The molecule has 14 heavy (non-hydrogen) atoms. The van der Waals surface area contributed by atoms with Crippen LogP contribution in [0.25, 0.3) is 0 Å². The lowest BCUT2D eigenvalue weighted by atomic mass is 10.1. The molecule has 1 atom stereocenters. The summed E-state index contributed by atoms with van der Waals surface area (Å²) < 4.78 is 13.2. The van der Waals surface area contributed by atoms with Gasteiger partial charge >= 0.3 is 0 Å². The zero-order valence-corrected chi connectivity index (χ0v) is 8.35. The Morgan fingerprint density at radius 1 is 1.57 bits per heavy atom. The number of nitrogens with one attached hydrogen (secondary N) is 1. The zero-order valence-electron chi connectivity index (χ0n) is 7.59. The van der Waals surface area contributed by atoms with E-state index in [1.165, 1.54) is 6.07 Å². The molecule has 0 fully saturated rings. The van der Waals surface area contributed by atoms with Crippen LogP contribution in [0.5, 0.6) is 5.75 Å². The standard InChI is InChI=1S/C9H11ClFNO2/c1-12-4-9(14)5-2-6(10)8(13)3-7(5)11/h2-3,9,12-14H,4H2,1H3. The van der Waals surface area contributed by atoms with Crippen molar-refractivity contribution >= 4 is 11.6 Å². The van der Waals surface area contributed by atoms with Crippen LogP contribution in [0.3, 0.4) is 0 Å². The first-order chi connectivity index (χ1) is 6.56. The maximum Gasteiger partial charge on any atom is 0.137 e. The first kappa shape index (κ1) is 11.2. The van der Waals surface area contributed by atoms with E-state index >= 15 is 0 Å². The molecule has 0 bridgehead atoms. The molecule has 0 aliphatic heterocycles. The Balaban J connectivity index is 3.02. The molecule has 1 unspecified atom stereocenters. The van der Waals surface area contributed by atoms with Crippen molar-refractivity contribution in [2.75, 3.05) is 13.6 Å². The minimum atomic E-state index is -0.974. The molecule has 0 aliphatic carbocycles. The maximum absolute atomic E-state index is 13.2. The lowest BCUT2D eigenvalue weighted by molar-refractivity contribution is 0.173. The van der Waals surface area contributed by atoms with E-state index in [9.17, 15) is 9.50 Å². The van der Waals surface area contributed by atoms with Crippen LogP contribution in [0, 0.1) is 5.82 Å². The van der Waals surface area contributed by atoms with Gasteiger partial charge in [-0.3, -0.25) is 0 Å². The molecule has 0 aliphatic rings. The Kier molecular flexibility index (Phi) is 3.69. The van der Waals surface area contributed by atoms with Gasteiger partial charge in [0, 0.05) is 18.2 Å². The monoisotopic (exact) mass is 219 g/mol. The first-order valence-electron chi connectivity index (χ1n) is 4.06. The number of aliphatic hydroxyl groups is 1. The second kappa shape index (κ2) is 4.59. The number of likely N-dealkylation sites (N-methyl/N-ethyl adjacent to an activating group) is 1. The predicted molar refractivity (Wildman–Crippen MR) is 52.0 cm³/mol. The Bertz CT molecular complexity index is 333. The highest BCUT2D eigenvalue weighted by molar-refractivity contribution is 6.32. The predicted octanol–water partition coefficient (Wildman–Crippen LogP) is 1.44. The Morgan fingerprint density at radius 2 is 2.21 bits per heavy atom. The van der Waals surface area contributed by atoms with Crippen molar-refractivity contribution in [3.63, 3.8) is 0 Å². The summed E-state index contributed by atoms with van der Waals surface area (Å²) in [4.78, 5) is 0. The van der Waals surface area contributed by atoms with Gasteiger partial charge in [-0.05, 0) is 13.1 Å². The molecule has 0 radical (unpaired) electrons. The Morgan fingerprint density at radius 3 is 2.79 bits per heavy atom. The van der Waals surface area contributed by atoms with E-state index in [4.69, 9.17) is 16.7 Å². The normalized spacial score (nSPS) is 12.9. The molecule has 78 valence electrons. The number of rotatable bonds is 3. The molecular formula is C9H11ClFNO2. The van der Waals surface area contributed by atoms with Crippen LogP contribution in [0.15, 0.2) is 12.1 Å². The summed E-state index contributed by atoms with van der Waals surface area (Å²) in [6, 6.07) is 2.10. The van der Waals surface area contributed by atoms with E-state index in [-0.39, 0.29) is 22.9 Å². The lowest BCUT2D eigenvalue weighted by Crippen LogP contribution is -2.17. The van der Waals surface area contributed by atoms with Crippen molar-refractivity contribution < 1.29 is 14.6 Å². The third kappa shape index (κ3) is 2.35. The number of hydrogen-bond donors (Lipinski definition) is 3. The molecule has 1 rings (SSSR count). The van der Waals surface area contributed by atoms with Crippen molar-refractivity contribution in [1.82, 2.24) is 5.32 Å². The molecule has 0 heterocycles. The summed E-state index contributed by atoms with van der Waals surface area (Å²) >= 11 is 5.58. The number of halogens is 2. The molecule has 3 nitrogen and oxygen atoms in total. The number of phenolic OH excluding ortho intramolecular Hbond substituents is 1. The van der Waals surface area contributed by atoms with Gasteiger partial charge < -0.3 is 15.5 Å². The topological polar surface area (TPSA) is 52.5 Å². The lowest BCUT2D eigenvalue weighted by Gasteiger charge is -2.12. The number of phenols is 1. The Labute approximate surface area is 86.1 Å². The van der Waals surface area contributed by atoms with Gasteiger partial charge in [0.2, 0.25) is 0 Å². The maximum atomic E-state index is 13.2. The number of hydrogen-bond acceptors (Lipinski definition) is 3. The van der Waals surface area contributed by atoms with Crippen LogP contribution < -0.4 is 5.32 Å². The SMILES string of the molecule is CNCC(O)c1cc(Cl)c(O)cc1F. The third-order valence-electron chi connectivity index (χ3n) is 1.82. The molecule has 0 saturated carbocycles. The molecule has 0 amide bonds. The summed E-state index contributed by atoms with van der Waals surface area (Å²) in [5.41, 5.74) is 0.0714. The van der Waals surface area contributed by atoms with Crippen LogP contribution in [-0.4, -0.2) is 23.8 Å². The van der Waals surface area contributed by atoms with Crippen molar-refractivity contribution in [2.24, 2.45) is 0 Å².